The lowest BCUT2D eigenvalue weighted by Gasteiger charge is -2.25. The molecule has 2 aromatic carbocycles. The van der Waals surface area contributed by atoms with Crippen molar-refractivity contribution < 1.29 is 20.4 Å². The van der Waals surface area contributed by atoms with Crippen molar-refractivity contribution in [3.63, 3.8) is 0 Å². The van der Waals surface area contributed by atoms with Crippen LogP contribution < -0.4 is 0 Å². The summed E-state index contributed by atoms with van der Waals surface area (Å²) in [5, 5.41) is 38.5. The smallest absolute Gasteiger partial charge is 0.157 e. The number of phenols is 4. The summed E-state index contributed by atoms with van der Waals surface area (Å²) in [6.07, 6.45) is 8.94. The number of hydrogen-bond acceptors (Lipinski definition) is 6. The average molecular weight is 457 g/mol. The molecule has 3 rings (SSSR count). The molecule has 6 heteroatoms. The highest BCUT2D eigenvalue weighted by atomic mass is 16.3. The zero-order valence-electron chi connectivity index (χ0n) is 19.9. The largest absolute Gasteiger partial charge is 0.504 e. The highest BCUT2D eigenvalue weighted by Crippen LogP contribution is 2.28. The molecule has 0 amide bonds. The molecule has 1 aliphatic rings. The molecule has 1 aliphatic heterocycles. The molecule has 1 saturated heterocycles. The molecular formula is C27H40N2O4. The number of hydrogen-bond donors (Lipinski definition) is 4. The normalized spacial score (nSPS) is 16.6. The first-order valence-corrected chi connectivity index (χ1v) is 12.4. The number of phenolic OH excluding ortho intramolecular Hbond substituents is 4. The summed E-state index contributed by atoms with van der Waals surface area (Å²) >= 11 is 0. The Bertz CT molecular complexity index is 873. The summed E-state index contributed by atoms with van der Waals surface area (Å²) < 4.78 is 0. The van der Waals surface area contributed by atoms with Gasteiger partial charge >= 0.3 is 0 Å². The Hall–Kier alpha value is -2.44. The van der Waals surface area contributed by atoms with Crippen molar-refractivity contribution >= 4 is 0 Å². The second-order valence-corrected chi connectivity index (χ2v) is 9.33. The number of unbranched alkanes of at least 4 members (excludes halogenated alkanes) is 2. The molecule has 0 aromatic heterocycles. The van der Waals surface area contributed by atoms with E-state index >= 15 is 0 Å². The summed E-state index contributed by atoms with van der Waals surface area (Å²) in [6.45, 7) is 7.61. The Morgan fingerprint density at radius 2 is 1.52 bits per heavy atom. The SMILES string of the molecule is CCCN(CCCCCN1CCCC1Cc1ccc(O)c(O)c1)CCc1ccc(O)c(O)c1. The van der Waals surface area contributed by atoms with Crippen molar-refractivity contribution in [2.75, 3.05) is 32.7 Å². The van der Waals surface area contributed by atoms with E-state index in [1.807, 2.05) is 12.1 Å². The van der Waals surface area contributed by atoms with Gasteiger partial charge in [0.05, 0.1) is 0 Å². The van der Waals surface area contributed by atoms with Crippen LogP contribution >= 0.6 is 0 Å². The van der Waals surface area contributed by atoms with Crippen molar-refractivity contribution in [1.82, 2.24) is 9.80 Å². The van der Waals surface area contributed by atoms with Crippen LogP contribution in [0, 0.1) is 0 Å². The molecular weight excluding hydrogens is 416 g/mol. The van der Waals surface area contributed by atoms with E-state index in [0.717, 1.165) is 63.1 Å². The molecule has 6 nitrogen and oxygen atoms in total. The van der Waals surface area contributed by atoms with Crippen molar-refractivity contribution in [3.05, 3.63) is 47.5 Å². The average Bonchev–Trinajstić information content (AvgIpc) is 3.23. The van der Waals surface area contributed by atoms with E-state index < -0.39 is 0 Å². The molecule has 0 aliphatic carbocycles. The van der Waals surface area contributed by atoms with E-state index in [-0.39, 0.29) is 23.0 Å². The zero-order chi connectivity index (χ0) is 23.6. The monoisotopic (exact) mass is 456 g/mol. The Kier molecular flexibility index (Phi) is 9.70. The Labute approximate surface area is 198 Å². The molecule has 182 valence electrons. The lowest BCUT2D eigenvalue weighted by Crippen LogP contribution is -2.32. The minimum atomic E-state index is -0.0642. The number of nitrogens with zero attached hydrogens (tertiary/aromatic N) is 2. The molecule has 1 unspecified atom stereocenters. The van der Waals surface area contributed by atoms with Crippen LogP contribution in [-0.4, -0.2) is 69.0 Å². The van der Waals surface area contributed by atoms with Gasteiger partial charge < -0.3 is 30.2 Å². The lowest BCUT2D eigenvalue weighted by molar-refractivity contribution is 0.238. The minimum absolute atomic E-state index is 0.0316. The topological polar surface area (TPSA) is 87.4 Å². The van der Waals surface area contributed by atoms with Crippen molar-refractivity contribution in [2.24, 2.45) is 0 Å². The van der Waals surface area contributed by atoms with Gasteiger partial charge in [-0.15, -0.1) is 0 Å². The number of aromatic hydroxyl groups is 4. The van der Waals surface area contributed by atoms with Gasteiger partial charge in [-0.3, -0.25) is 0 Å². The summed E-state index contributed by atoms with van der Waals surface area (Å²) in [5.41, 5.74) is 2.13. The highest BCUT2D eigenvalue weighted by Gasteiger charge is 2.24. The van der Waals surface area contributed by atoms with Crippen LogP contribution in [0.3, 0.4) is 0 Å². The summed E-state index contributed by atoms with van der Waals surface area (Å²) in [6, 6.07) is 10.8. The van der Waals surface area contributed by atoms with E-state index in [1.54, 1.807) is 24.3 Å². The predicted molar refractivity (Wildman–Crippen MR) is 132 cm³/mol. The Morgan fingerprint density at radius 1 is 0.818 bits per heavy atom. The second kappa shape index (κ2) is 12.7. The van der Waals surface area contributed by atoms with E-state index in [9.17, 15) is 20.4 Å². The van der Waals surface area contributed by atoms with Gasteiger partial charge in [-0.05, 0) is 107 Å². The van der Waals surface area contributed by atoms with Gasteiger partial charge in [-0.25, -0.2) is 0 Å². The van der Waals surface area contributed by atoms with Crippen LogP contribution in [0.2, 0.25) is 0 Å². The fourth-order valence-corrected chi connectivity index (χ4v) is 4.88. The maximum absolute atomic E-state index is 9.76. The van der Waals surface area contributed by atoms with E-state index in [4.69, 9.17) is 0 Å². The first kappa shape index (κ1) is 25.2. The second-order valence-electron chi connectivity index (χ2n) is 9.33. The third kappa shape index (κ3) is 7.83. The van der Waals surface area contributed by atoms with Crippen LogP contribution in [0.15, 0.2) is 36.4 Å². The molecule has 1 fully saturated rings. The first-order chi connectivity index (χ1) is 16.0. The van der Waals surface area contributed by atoms with E-state index in [1.165, 1.54) is 32.1 Å². The van der Waals surface area contributed by atoms with Crippen molar-refractivity contribution in [1.29, 1.82) is 0 Å². The third-order valence-corrected chi connectivity index (χ3v) is 6.73. The molecule has 33 heavy (non-hydrogen) atoms. The van der Waals surface area contributed by atoms with Crippen LogP contribution in [0.25, 0.3) is 0 Å². The van der Waals surface area contributed by atoms with Gasteiger partial charge in [-0.1, -0.05) is 25.5 Å². The molecule has 0 radical (unpaired) electrons. The van der Waals surface area contributed by atoms with Gasteiger partial charge in [0.25, 0.3) is 0 Å². The molecule has 4 N–H and O–H groups in total. The van der Waals surface area contributed by atoms with Crippen molar-refractivity contribution in [3.8, 4) is 23.0 Å². The van der Waals surface area contributed by atoms with Gasteiger partial charge in [-0.2, -0.15) is 0 Å². The Balaban J connectivity index is 1.36. The summed E-state index contributed by atoms with van der Waals surface area (Å²) in [4.78, 5) is 5.09. The lowest BCUT2D eigenvalue weighted by atomic mass is 10.0. The molecule has 2 aromatic rings. The van der Waals surface area contributed by atoms with Crippen LogP contribution in [0.5, 0.6) is 23.0 Å². The van der Waals surface area contributed by atoms with Gasteiger partial charge in [0.1, 0.15) is 0 Å². The minimum Gasteiger partial charge on any atom is -0.504 e. The first-order valence-electron chi connectivity index (χ1n) is 12.4. The fraction of sp³-hybridized carbons (Fsp3) is 0.556. The Morgan fingerprint density at radius 3 is 2.21 bits per heavy atom. The maximum atomic E-state index is 9.76. The standard InChI is InChI=1S/C27H40N2O4/c1-2-13-28(17-12-21-8-10-24(30)26(32)19-21)14-4-3-5-15-29-16-6-7-23(29)18-22-9-11-25(31)27(33)20-22/h8-11,19-20,23,30-33H,2-7,12-18H2,1H3. The molecule has 0 saturated carbocycles. The van der Waals surface area contributed by atoms with Gasteiger partial charge in [0.2, 0.25) is 0 Å². The number of likely N-dealkylation sites (tertiary alicyclic amines) is 1. The van der Waals surface area contributed by atoms with E-state index in [2.05, 4.69) is 16.7 Å². The summed E-state index contributed by atoms with van der Waals surface area (Å²) in [5.74, 6) is -0.196. The third-order valence-electron chi connectivity index (χ3n) is 6.73. The fourth-order valence-electron chi connectivity index (χ4n) is 4.88. The highest BCUT2D eigenvalue weighted by molar-refractivity contribution is 5.41. The molecule has 1 atom stereocenters. The van der Waals surface area contributed by atoms with Gasteiger partial charge in [0, 0.05) is 12.6 Å². The van der Waals surface area contributed by atoms with Gasteiger partial charge in [0.15, 0.2) is 23.0 Å². The summed E-state index contributed by atoms with van der Waals surface area (Å²) in [7, 11) is 0. The quantitative estimate of drug-likeness (QED) is 0.259. The van der Waals surface area contributed by atoms with Crippen molar-refractivity contribution in [2.45, 2.75) is 64.3 Å². The van der Waals surface area contributed by atoms with E-state index in [0.29, 0.717) is 6.04 Å². The van der Waals surface area contributed by atoms with Crippen LogP contribution in [0.4, 0.5) is 0 Å². The van der Waals surface area contributed by atoms with Crippen LogP contribution in [0.1, 0.15) is 56.6 Å². The predicted octanol–water partition coefficient (Wildman–Crippen LogP) is 4.64. The maximum Gasteiger partial charge on any atom is 0.157 e. The number of benzene rings is 2. The number of rotatable bonds is 13. The van der Waals surface area contributed by atoms with Crippen LogP contribution in [-0.2, 0) is 12.8 Å². The molecule has 0 bridgehead atoms. The molecule has 0 spiro atoms. The molecule has 1 heterocycles. The zero-order valence-corrected chi connectivity index (χ0v) is 19.9.